The van der Waals surface area contributed by atoms with Crippen LogP contribution in [0.3, 0.4) is 0 Å². The molecule has 0 fully saturated rings. The summed E-state index contributed by atoms with van der Waals surface area (Å²) in [4.78, 5) is 15.4. The van der Waals surface area contributed by atoms with Gasteiger partial charge in [0.1, 0.15) is 0 Å². The van der Waals surface area contributed by atoms with Crippen molar-refractivity contribution in [1.29, 1.82) is 0 Å². The van der Waals surface area contributed by atoms with Crippen LogP contribution in [-0.4, -0.2) is 18.1 Å². The molecule has 1 aromatic carbocycles. The molecule has 0 amide bonds. The van der Waals surface area contributed by atoms with Crippen LogP contribution in [0.15, 0.2) is 30.3 Å². The second-order valence-corrected chi connectivity index (χ2v) is 4.93. The fraction of sp³-hybridized carbons (Fsp3) is 0.312. The van der Waals surface area contributed by atoms with Crippen molar-refractivity contribution in [3.63, 3.8) is 0 Å². The monoisotopic (exact) mass is 257 g/mol. The Morgan fingerprint density at radius 3 is 2.37 bits per heavy atom. The Bertz CT molecular complexity index is 582. The number of carbonyl (C=O) groups excluding carboxylic acids is 1. The number of ether oxygens (including phenoxy) is 1. The number of aryl methyl sites for hydroxylation is 1. The number of hydrogen-bond donors (Lipinski definition) is 1. The Hall–Kier alpha value is -2.03. The molecule has 19 heavy (non-hydrogen) atoms. The Balaban J connectivity index is 2.70. The second kappa shape index (κ2) is 5.31. The lowest BCUT2D eigenvalue weighted by Crippen LogP contribution is -2.06. The molecule has 1 heterocycles. The molecule has 0 radical (unpaired) electrons. The molecule has 0 saturated heterocycles. The predicted octanol–water partition coefficient (Wildman–Crippen LogP) is 3.90. The van der Waals surface area contributed by atoms with Crippen molar-refractivity contribution >= 4 is 5.97 Å². The van der Waals surface area contributed by atoms with E-state index in [2.05, 4.69) is 18.8 Å². The molecular formula is C16H19NO2. The van der Waals surface area contributed by atoms with Crippen LogP contribution in [0.2, 0.25) is 0 Å². The summed E-state index contributed by atoms with van der Waals surface area (Å²) in [6.45, 7) is 6.11. The normalized spacial score (nSPS) is 10.8. The van der Waals surface area contributed by atoms with E-state index in [1.165, 1.54) is 7.11 Å². The van der Waals surface area contributed by atoms with Gasteiger partial charge in [-0.3, -0.25) is 0 Å². The summed E-state index contributed by atoms with van der Waals surface area (Å²) < 4.78 is 4.94. The summed E-state index contributed by atoms with van der Waals surface area (Å²) in [5, 5.41) is 0. The van der Waals surface area contributed by atoms with Gasteiger partial charge in [0.2, 0.25) is 0 Å². The molecule has 0 aliphatic rings. The van der Waals surface area contributed by atoms with Gasteiger partial charge in [-0.05, 0) is 18.4 Å². The van der Waals surface area contributed by atoms with Gasteiger partial charge in [0.05, 0.1) is 12.7 Å². The minimum Gasteiger partial charge on any atom is -0.465 e. The van der Waals surface area contributed by atoms with Gasteiger partial charge < -0.3 is 9.72 Å². The van der Waals surface area contributed by atoms with Crippen LogP contribution in [0.4, 0.5) is 0 Å². The van der Waals surface area contributed by atoms with Gasteiger partial charge in [-0.25, -0.2) is 4.79 Å². The first-order valence-corrected chi connectivity index (χ1v) is 6.42. The third-order valence-electron chi connectivity index (χ3n) is 3.25. The van der Waals surface area contributed by atoms with Gasteiger partial charge >= 0.3 is 5.97 Å². The van der Waals surface area contributed by atoms with Crippen LogP contribution in [0, 0.1) is 6.92 Å². The van der Waals surface area contributed by atoms with Gasteiger partial charge in [-0.2, -0.15) is 0 Å². The third kappa shape index (κ3) is 2.41. The van der Waals surface area contributed by atoms with Crippen molar-refractivity contribution < 1.29 is 9.53 Å². The molecule has 0 atom stereocenters. The SMILES string of the molecule is COC(=O)c1c(C(C)C)[nH]c(C)c1-c1ccccc1. The van der Waals surface area contributed by atoms with E-state index < -0.39 is 0 Å². The van der Waals surface area contributed by atoms with Crippen LogP contribution in [0.25, 0.3) is 11.1 Å². The zero-order valence-electron chi connectivity index (χ0n) is 11.8. The summed E-state index contributed by atoms with van der Waals surface area (Å²) in [5.74, 6) is -0.0443. The number of nitrogens with one attached hydrogen (secondary N) is 1. The zero-order chi connectivity index (χ0) is 14.0. The van der Waals surface area contributed by atoms with Crippen LogP contribution in [-0.2, 0) is 4.74 Å². The topological polar surface area (TPSA) is 42.1 Å². The van der Waals surface area contributed by atoms with Crippen molar-refractivity contribution in [3.05, 3.63) is 47.3 Å². The quantitative estimate of drug-likeness (QED) is 0.847. The number of hydrogen-bond acceptors (Lipinski definition) is 2. The number of methoxy groups -OCH3 is 1. The van der Waals surface area contributed by atoms with Crippen molar-refractivity contribution in [2.45, 2.75) is 26.7 Å². The number of rotatable bonds is 3. The van der Waals surface area contributed by atoms with E-state index >= 15 is 0 Å². The molecule has 0 unspecified atom stereocenters. The van der Waals surface area contributed by atoms with Crippen molar-refractivity contribution in [2.75, 3.05) is 7.11 Å². The Kier molecular flexibility index (Phi) is 3.74. The Morgan fingerprint density at radius 1 is 1.21 bits per heavy atom. The highest BCUT2D eigenvalue weighted by Crippen LogP contribution is 2.33. The third-order valence-corrected chi connectivity index (χ3v) is 3.25. The average Bonchev–Trinajstić information content (AvgIpc) is 2.76. The van der Waals surface area contributed by atoms with Crippen molar-refractivity contribution in [2.24, 2.45) is 0 Å². The molecule has 0 saturated carbocycles. The lowest BCUT2D eigenvalue weighted by atomic mass is 9.97. The second-order valence-electron chi connectivity index (χ2n) is 4.93. The van der Waals surface area contributed by atoms with E-state index in [9.17, 15) is 4.79 Å². The number of esters is 1. The smallest absolute Gasteiger partial charge is 0.340 e. The fourth-order valence-electron chi connectivity index (χ4n) is 2.36. The summed E-state index contributed by atoms with van der Waals surface area (Å²) in [6, 6.07) is 9.92. The van der Waals surface area contributed by atoms with Crippen molar-refractivity contribution in [1.82, 2.24) is 4.98 Å². The van der Waals surface area contributed by atoms with Crippen LogP contribution < -0.4 is 0 Å². The molecule has 0 spiro atoms. The minimum atomic E-state index is -0.285. The molecule has 2 aromatic rings. The van der Waals surface area contributed by atoms with E-state index in [4.69, 9.17) is 4.74 Å². The summed E-state index contributed by atoms with van der Waals surface area (Å²) >= 11 is 0. The summed E-state index contributed by atoms with van der Waals surface area (Å²) in [6.07, 6.45) is 0. The molecule has 0 bridgehead atoms. The van der Waals surface area contributed by atoms with E-state index in [0.29, 0.717) is 5.56 Å². The van der Waals surface area contributed by atoms with Gasteiger partial charge in [0, 0.05) is 17.0 Å². The van der Waals surface area contributed by atoms with Crippen LogP contribution in [0.5, 0.6) is 0 Å². The maximum absolute atomic E-state index is 12.1. The minimum absolute atomic E-state index is 0.241. The lowest BCUT2D eigenvalue weighted by Gasteiger charge is -2.08. The van der Waals surface area contributed by atoms with Gasteiger partial charge in [0.15, 0.2) is 0 Å². The van der Waals surface area contributed by atoms with Gasteiger partial charge in [-0.1, -0.05) is 44.2 Å². The number of carbonyl (C=O) groups is 1. The number of H-pyrrole nitrogens is 1. The largest absolute Gasteiger partial charge is 0.465 e. The van der Waals surface area contributed by atoms with E-state index in [0.717, 1.165) is 22.5 Å². The molecule has 3 heteroatoms. The average molecular weight is 257 g/mol. The maximum Gasteiger partial charge on any atom is 0.340 e. The Morgan fingerprint density at radius 2 is 1.84 bits per heavy atom. The molecule has 0 aliphatic carbocycles. The molecule has 3 nitrogen and oxygen atoms in total. The van der Waals surface area contributed by atoms with Gasteiger partial charge in [0.25, 0.3) is 0 Å². The van der Waals surface area contributed by atoms with E-state index in [-0.39, 0.29) is 11.9 Å². The first-order chi connectivity index (χ1) is 9.06. The highest BCUT2D eigenvalue weighted by Gasteiger charge is 2.24. The molecule has 2 rings (SSSR count). The highest BCUT2D eigenvalue weighted by atomic mass is 16.5. The molecule has 0 aliphatic heterocycles. The highest BCUT2D eigenvalue weighted by molar-refractivity contribution is 5.99. The number of aromatic amines is 1. The molecule has 1 aromatic heterocycles. The van der Waals surface area contributed by atoms with Crippen LogP contribution >= 0.6 is 0 Å². The lowest BCUT2D eigenvalue weighted by molar-refractivity contribution is 0.0600. The fourth-order valence-corrected chi connectivity index (χ4v) is 2.36. The van der Waals surface area contributed by atoms with E-state index in [1.54, 1.807) is 0 Å². The summed E-state index contributed by atoms with van der Waals surface area (Å²) in [7, 11) is 1.42. The van der Waals surface area contributed by atoms with Gasteiger partial charge in [-0.15, -0.1) is 0 Å². The number of aromatic nitrogens is 1. The zero-order valence-corrected chi connectivity index (χ0v) is 11.8. The molecule has 1 N–H and O–H groups in total. The molecule has 100 valence electrons. The first-order valence-electron chi connectivity index (χ1n) is 6.42. The van der Waals surface area contributed by atoms with Crippen molar-refractivity contribution in [3.8, 4) is 11.1 Å². The standard InChI is InChI=1S/C16H19NO2/c1-10(2)15-14(16(18)19-4)13(11(3)17-15)12-8-6-5-7-9-12/h5-10,17H,1-4H3. The van der Waals surface area contributed by atoms with Crippen LogP contribution in [0.1, 0.15) is 41.5 Å². The van der Waals surface area contributed by atoms with E-state index in [1.807, 2.05) is 37.3 Å². The predicted molar refractivity (Wildman–Crippen MR) is 76.4 cm³/mol. The Labute approximate surface area is 113 Å². The first kappa shape index (κ1) is 13.4. The summed E-state index contributed by atoms with van der Waals surface area (Å²) in [5.41, 5.74) is 4.56. The number of benzene rings is 1. The molecular weight excluding hydrogens is 238 g/mol. The maximum atomic E-state index is 12.1.